The Morgan fingerprint density at radius 3 is 2.78 bits per heavy atom. The molecule has 0 aliphatic heterocycles. The van der Waals surface area contributed by atoms with E-state index in [2.05, 4.69) is 15.7 Å². The number of nitrogens with one attached hydrogen (secondary N) is 2. The van der Waals surface area contributed by atoms with Crippen LogP contribution in [0, 0.1) is 0 Å². The van der Waals surface area contributed by atoms with Gasteiger partial charge in [0.25, 0.3) is 0 Å². The molecule has 1 aromatic heterocycles. The van der Waals surface area contributed by atoms with Gasteiger partial charge in [-0.3, -0.25) is 9.59 Å². The highest BCUT2D eigenvalue weighted by atomic mass is 16.5. The Bertz CT molecular complexity index is 509. The second kappa shape index (κ2) is 9.29. The lowest BCUT2D eigenvalue weighted by Crippen LogP contribution is -2.36. The Balaban J connectivity index is 1.80. The van der Waals surface area contributed by atoms with E-state index in [1.54, 1.807) is 19.4 Å². The largest absolute Gasteiger partial charge is 0.385 e. The second-order valence-electron chi connectivity index (χ2n) is 5.86. The van der Waals surface area contributed by atoms with E-state index < -0.39 is 11.8 Å². The Morgan fingerprint density at radius 1 is 1.26 bits per heavy atom. The Hall–Kier alpha value is -1.89. The third-order valence-electron chi connectivity index (χ3n) is 4.10. The van der Waals surface area contributed by atoms with Crippen LogP contribution >= 0.6 is 0 Å². The minimum Gasteiger partial charge on any atom is -0.385 e. The Labute approximate surface area is 136 Å². The minimum absolute atomic E-state index is 0.311. The molecule has 7 nitrogen and oxygen atoms in total. The topological polar surface area (TPSA) is 85.2 Å². The van der Waals surface area contributed by atoms with Crippen molar-refractivity contribution in [3.05, 3.63) is 12.3 Å². The number of hydrogen-bond acceptors (Lipinski definition) is 4. The molecule has 7 heteroatoms. The van der Waals surface area contributed by atoms with E-state index in [4.69, 9.17) is 4.74 Å². The zero-order valence-corrected chi connectivity index (χ0v) is 13.7. The normalized spacial score (nSPS) is 15.3. The molecule has 1 saturated carbocycles. The van der Waals surface area contributed by atoms with Crippen LogP contribution in [0.1, 0.15) is 51.0 Å². The fourth-order valence-corrected chi connectivity index (χ4v) is 2.86. The lowest BCUT2D eigenvalue weighted by molar-refractivity contribution is -0.136. The molecule has 1 heterocycles. The molecular weight excluding hydrogens is 296 g/mol. The molecule has 1 aromatic rings. The van der Waals surface area contributed by atoms with E-state index in [0.717, 1.165) is 25.7 Å². The minimum atomic E-state index is -0.644. The smallest absolute Gasteiger partial charge is 0.314 e. The van der Waals surface area contributed by atoms with Crippen LogP contribution in [0.25, 0.3) is 0 Å². The van der Waals surface area contributed by atoms with Gasteiger partial charge < -0.3 is 15.4 Å². The molecular formula is C16H26N4O3. The molecule has 2 N–H and O–H groups in total. The first kappa shape index (κ1) is 17.5. The van der Waals surface area contributed by atoms with Gasteiger partial charge in [-0.05, 0) is 25.7 Å². The lowest BCUT2D eigenvalue weighted by atomic mass is 9.96. The van der Waals surface area contributed by atoms with Gasteiger partial charge in [-0.1, -0.05) is 19.3 Å². The van der Waals surface area contributed by atoms with E-state index in [1.165, 1.54) is 19.3 Å². The summed E-state index contributed by atoms with van der Waals surface area (Å²) in [6, 6.07) is 2.05. The summed E-state index contributed by atoms with van der Waals surface area (Å²) in [7, 11) is 1.64. The van der Waals surface area contributed by atoms with E-state index in [-0.39, 0.29) is 0 Å². The number of ether oxygens (including phenoxy) is 1. The number of unbranched alkanes of at least 4 members (excludes halogenated alkanes) is 1. The highest BCUT2D eigenvalue weighted by Crippen LogP contribution is 2.29. The van der Waals surface area contributed by atoms with Crippen LogP contribution < -0.4 is 10.6 Å². The Kier molecular flexibility index (Phi) is 7.06. The number of carbonyl (C=O) groups excluding carboxylic acids is 2. The molecule has 1 aliphatic carbocycles. The first-order chi connectivity index (χ1) is 11.2. The molecule has 0 bridgehead atoms. The molecule has 1 fully saturated rings. The quantitative estimate of drug-likeness (QED) is 0.593. The molecule has 128 valence electrons. The fourth-order valence-electron chi connectivity index (χ4n) is 2.86. The van der Waals surface area contributed by atoms with Crippen LogP contribution in [0.2, 0.25) is 0 Å². The first-order valence-corrected chi connectivity index (χ1v) is 8.34. The number of amides is 2. The molecule has 2 rings (SSSR count). The molecule has 0 aromatic carbocycles. The zero-order valence-electron chi connectivity index (χ0n) is 13.7. The number of nitrogens with zero attached hydrogens (tertiary/aromatic N) is 2. The van der Waals surface area contributed by atoms with Crippen LogP contribution in [0.3, 0.4) is 0 Å². The molecule has 2 amide bonds. The van der Waals surface area contributed by atoms with Crippen molar-refractivity contribution in [1.82, 2.24) is 15.1 Å². The number of methoxy groups -OCH3 is 1. The van der Waals surface area contributed by atoms with E-state index in [0.29, 0.717) is 25.0 Å². The number of carbonyl (C=O) groups is 2. The van der Waals surface area contributed by atoms with Gasteiger partial charge in [0.15, 0.2) is 0 Å². The maximum Gasteiger partial charge on any atom is 0.314 e. The van der Waals surface area contributed by atoms with Crippen LogP contribution in [-0.4, -0.2) is 41.9 Å². The summed E-state index contributed by atoms with van der Waals surface area (Å²) in [4.78, 5) is 23.8. The lowest BCUT2D eigenvalue weighted by Gasteiger charge is -2.23. The molecule has 0 radical (unpaired) electrons. The molecule has 0 spiro atoms. The summed E-state index contributed by atoms with van der Waals surface area (Å²) in [5.41, 5.74) is 0. The summed E-state index contributed by atoms with van der Waals surface area (Å²) >= 11 is 0. The summed E-state index contributed by atoms with van der Waals surface area (Å²) in [5, 5.41) is 9.59. The van der Waals surface area contributed by atoms with Crippen molar-refractivity contribution in [2.75, 3.05) is 25.6 Å². The van der Waals surface area contributed by atoms with Crippen molar-refractivity contribution < 1.29 is 14.3 Å². The average Bonchev–Trinajstić information content (AvgIpc) is 3.03. The van der Waals surface area contributed by atoms with Gasteiger partial charge in [0.1, 0.15) is 5.82 Å². The SMILES string of the molecule is COCCCCNC(=O)C(=O)Nc1ccnn1C1CCCCC1. The highest BCUT2D eigenvalue weighted by Gasteiger charge is 2.21. The molecule has 0 unspecified atom stereocenters. The van der Waals surface area contributed by atoms with Gasteiger partial charge >= 0.3 is 11.8 Å². The van der Waals surface area contributed by atoms with Gasteiger partial charge in [-0.2, -0.15) is 5.10 Å². The third-order valence-corrected chi connectivity index (χ3v) is 4.10. The van der Waals surface area contributed by atoms with E-state index in [1.807, 2.05) is 4.68 Å². The van der Waals surface area contributed by atoms with Crippen LogP contribution in [0.4, 0.5) is 5.82 Å². The summed E-state index contributed by atoms with van der Waals surface area (Å²) in [5.74, 6) is -0.662. The maximum absolute atomic E-state index is 12.0. The van der Waals surface area contributed by atoms with Gasteiger partial charge in [0.2, 0.25) is 0 Å². The number of hydrogen-bond donors (Lipinski definition) is 2. The fraction of sp³-hybridized carbons (Fsp3) is 0.688. The van der Waals surface area contributed by atoms with Crippen molar-refractivity contribution in [1.29, 1.82) is 0 Å². The van der Waals surface area contributed by atoms with Crippen molar-refractivity contribution >= 4 is 17.6 Å². The van der Waals surface area contributed by atoms with Crippen molar-refractivity contribution in [3.8, 4) is 0 Å². The van der Waals surface area contributed by atoms with Crippen LogP contribution in [-0.2, 0) is 14.3 Å². The van der Waals surface area contributed by atoms with Gasteiger partial charge in [0.05, 0.1) is 12.2 Å². The summed E-state index contributed by atoms with van der Waals surface area (Å²) in [6.07, 6.45) is 9.05. The Morgan fingerprint density at radius 2 is 2.04 bits per heavy atom. The monoisotopic (exact) mass is 322 g/mol. The summed E-state index contributed by atoms with van der Waals surface area (Å²) < 4.78 is 6.77. The zero-order chi connectivity index (χ0) is 16.5. The van der Waals surface area contributed by atoms with Gasteiger partial charge in [0, 0.05) is 26.3 Å². The van der Waals surface area contributed by atoms with Crippen molar-refractivity contribution in [3.63, 3.8) is 0 Å². The molecule has 0 atom stereocenters. The molecule has 1 aliphatic rings. The maximum atomic E-state index is 12.0. The van der Waals surface area contributed by atoms with E-state index in [9.17, 15) is 9.59 Å². The van der Waals surface area contributed by atoms with Crippen LogP contribution in [0.5, 0.6) is 0 Å². The predicted octanol–water partition coefficient (Wildman–Crippen LogP) is 1.87. The first-order valence-electron chi connectivity index (χ1n) is 8.34. The predicted molar refractivity (Wildman–Crippen MR) is 87.1 cm³/mol. The number of aromatic nitrogens is 2. The highest BCUT2D eigenvalue weighted by molar-refractivity contribution is 6.39. The standard InChI is InChI=1S/C16H26N4O3/c1-23-12-6-5-10-17-15(21)16(22)19-14-9-11-18-20(14)13-7-3-2-4-8-13/h9,11,13H,2-8,10,12H2,1H3,(H,17,21)(H,19,22). The van der Waals surface area contributed by atoms with Crippen LogP contribution in [0.15, 0.2) is 12.3 Å². The van der Waals surface area contributed by atoms with Gasteiger partial charge in [-0.15, -0.1) is 0 Å². The van der Waals surface area contributed by atoms with E-state index >= 15 is 0 Å². The van der Waals surface area contributed by atoms with Crippen molar-refractivity contribution in [2.45, 2.75) is 51.0 Å². The summed E-state index contributed by atoms with van der Waals surface area (Å²) in [6.45, 7) is 1.13. The number of rotatable bonds is 7. The molecule has 23 heavy (non-hydrogen) atoms. The van der Waals surface area contributed by atoms with Gasteiger partial charge in [-0.25, -0.2) is 4.68 Å². The van der Waals surface area contributed by atoms with Crippen molar-refractivity contribution in [2.24, 2.45) is 0 Å². The number of anilines is 1. The average molecular weight is 322 g/mol. The second-order valence-corrected chi connectivity index (χ2v) is 5.86. The third kappa shape index (κ3) is 5.35. The molecule has 0 saturated heterocycles.